The molecule has 6 nitrogen and oxygen atoms in total. The molecule has 2 rings (SSSR count). The number of nitrogens with one attached hydrogen (secondary N) is 2. The van der Waals surface area contributed by atoms with Crippen LogP contribution in [-0.2, 0) is 10.2 Å². The Morgan fingerprint density at radius 1 is 1.35 bits per heavy atom. The lowest BCUT2D eigenvalue weighted by molar-refractivity contribution is -0.144. The first-order chi connectivity index (χ1) is 9.14. The number of carboxylic acids is 1. The maximum Gasteiger partial charge on any atom is 0.329 e. The van der Waals surface area contributed by atoms with E-state index in [2.05, 4.69) is 15.5 Å². The zero-order chi connectivity index (χ0) is 15.1. The number of rotatable bonds is 4. The molecule has 0 unspecified atom stereocenters. The van der Waals surface area contributed by atoms with Crippen molar-refractivity contribution in [2.75, 3.05) is 0 Å². The minimum atomic E-state index is -1.21. The van der Waals surface area contributed by atoms with E-state index < -0.39 is 17.4 Å². The van der Waals surface area contributed by atoms with E-state index in [0.717, 1.165) is 18.5 Å². The van der Waals surface area contributed by atoms with Gasteiger partial charge in [-0.25, -0.2) is 4.79 Å². The Balaban J connectivity index is 2.15. The van der Waals surface area contributed by atoms with E-state index in [1.807, 2.05) is 20.8 Å². The number of aromatic amines is 1. The Morgan fingerprint density at radius 3 is 2.35 bits per heavy atom. The summed E-state index contributed by atoms with van der Waals surface area (Å²) in [6.45, 7) is 7.58. The fourth-order valence-electron chi connectivity index (χ4n) is 2.11. The SMILES string of the molecule is CC(C)(C)c1cc(C(=O)N[C@](C)(C(=O)O)C2CC2)n[nH]1. The van der Waals surface area contributed by atoms with Crippen molar-refractivity contribution in [3.63, 3.8) is 0 Å². The summed E-state index contributed by atoms with van der Waals surface area (Å²) in [5, 5.41) is 18.7. The van der Waals surface area contributed by atoms with Crippen LogP contribution >= 0.6 is 0 Å². The Kier molecular flexibility index (Phi) is 3.36. The van der Waals surface area contributed by atoms with E-state index in [1.54, 1.807) is 13.0 Å². The molecule has 1 heterocycles. The van der Waals surface area contributed by atoms with Crippen molar-refractivity contribution in [3.05, 3.63) is 17.5 Å². The Morgan fingerprint density at radius 2 is 1.95 bits per heavy atom. The third-order valence-electron chi connectivity index (χ3n) is 3.83. The molecule has 110 valence electrons. The van der Waals surface area contributed by atoms with E-state index in [-0.39, 0.29) is 17.0 Å². The van der Waals surface area contributed by atoms with Crippen molar-refractivity contribution >= 4 is 11.9 Å². The third-order valence-corrected chi connectivity index (χ3v) is 3.83. The van der Waals surface area contributed by atoms with Crippen LogP contribution in [0.5, 0.6) is 0 Å². The van der Waals surface area contributed by atoms with Gasteiger partial charge in [-0.15, -0.1) is 0 Å². The van der Waals surface area contributed by atoms with E-state index in [1.165, 1.54) is 0 Å². The molecule has 0 saturated heterocycles. The number of aliphatic carboxylic acids is 1. The van der Waals surface area contributed by atoms with Gasteiger partial charge in [-0.3, -0.25) is 9.89 Å². The minimum Gasteiger partial charge on any atom is -0.480 e. The molecule has 0 bridgehead atoms. The number of carbonyl (C=O) groups is 2. The Hall–Kier alpha value is -1.85. The molecule has 1 aliphatic carbocycles. The van der Waals surface area contributed by atoms with Crippen LogP contribution in [0.1, 0.15) is 56.7 Å². The highest BCUT2D eigenvalue weighted by Crippen LogP contribution is 2.39. The summed E-state index contributed by atoms with van der Waals surface area (Å²) in [6, 6.07) is 1.67. The molecule has 1 aliphatic rings. The molecule has 1 aromatic rings. The second-order valence-electron chi connectivity index (χ2n) is 6.65. The molecule has 0 aromatic carbocycles. The van der Waals surface area contributed by atoms with Gasteiger partial charge in [-0.05, 0) is 31.7 Å². The zero-order valence-corrected chi connectivity index (χ0v) is 12.3. The summed E-state index contributed by atoms with van der Waals surface area (Å²) in [5.41, 5.74) is -0.287. The van der Waals surface area contributed by atoms with Gasteiger partial charge in [0.2, 0.25) is 0 Å². The number of carbonyl (C=O) groups excluding carboxylic acids is 1. The molecule has 1 fully saturated rings. The zero-order valence-electron chi connectivity index (χ0n) is 12.3. The molecule has 6 heteroatoms. The van der Waals surface area contributed by atoms with E-state index >= 15 is 0 Å². The van der Waals surface area contributed by atoms with Crippen molar-refractivity contribution in [1.82, 2.24) is 15.5 Å². The third kappa shape index (κ3) is 2.69. The highest BCUT2D eigenvalue weighted by Gasteiger charge is 2.48. The standard InChI is InChI=1S/C14H21N3O3/c1-13(2,3)10-7-9(16-17-10)11(18)15-14(4,12(19)20)8-5-6-8/h7-8H,5-6H2,1-4H3,(H,15,18)(H,16,17)(H,19,20)/t14-/m0/s1. The molecular formula is C14H21N3O3. The first-order valence-corrected chi connectivity index (χ1v) is 6.76. The number of carboxylic acid groups (broad SMARTS) is 1. The molecule has 0 radical (unpaired) electrons. The van der Waals surface area contributed by atoms with Crippen LogP contribution in [-0.4, -0.2) is 32.7 Å². The number of aromatic nitrogens is 2. The predicted octanol–water partition coefficient (Wildman–Crippen LogP) is 1.69. The fraction of sp³-hybridized carbons (Fsp3) is 0.643. The molecule has 0 aliphatic heterocycles. The van der Waals surface area contributed by atoms with Gasteiger partial charge in [0.15, 0.2) is 0 Å². The van der Waals surface area contributed by atoms with Gasteiger partial charge in [-0.2, -0.15) is 5.10 Å². The number of nitrogens with zero attached hydrogens (tertiary/aromatic N) is 1. The maximum absolute atomic E-state index is 12.2. The largest absolute Gasteiger partial charge is 0.480 e. The summed E-state index contributed by atoms with van der Waals surface area (Å²) in [4.78, 5) is 23.6. The lowest BCUT2D eigenvalue weighted by Gasteiger charge is -2.25. The molecule has 1 atom stereocenters. The van der Waals surface area contributed by atoms with Crippen LogP contribution in [0.15, 0.2) is 6.07 Å². The topological polar surface area (TPSA) is 95.1 Å². The van der Waals surface area contributed by atoms with Crippen LogP contribution in [0, 0.1) is 5.92 Å². The summed E-state index contributed by atoms with van der Waals surface area (Å²) >= 11 is 0. The van der Waals surface area contributed by atoms with Crippen molar-refractivity contribution in [2.45, 2.75) is 51.5 Å². The summed E-state index contributed by atoms with van der Waals surface area (Å²) in [6.07, 6.45) is 1.66. The average Bonchev–Trinajstić information content (AvgIpc) is 3.04. The second kappa shape index (κ2) is 4.61. The number of hydrogen-bond acceptors (Lipinski definition) is 3. The monoisotopic (exact) mass is 279 g/mol. The van der Waals surface area contributed by atoms with Crippen LogP contribution < -0.4 is 5.32 Å². The minimum absolute atomic E-state index is 0.00461. The van der Waals surface area contributed by atoms with Gasteiger partial charge in [0.05, 0.1) is 0 Å². The smallest absolute Gasteiger partial charge is 0.329 e. The molecule has 20 heavy (non-hydrogen) atoms. The van der Waals surface area contributed by atoms with Crippen molar-refractivity contribution in [3.8, 4) is 0 Å². The highest BCUT2D eigenvalue weighted by atomic mass is 16.4. The van der Waals surface area contributed by atoms with E-state index in [4.69, 9.17) is 0 Å². The first kappa shape index (κ1) is 14.6. The number of amides is 1. The van der Waals surface area contributed by atoms with Gasteiger partial charge >= 0.3 is 5.97 Å². The van der Waals surface area contributed by atoms with Gasteiger partial charge in [0.25, 0.3) is 5.91 Å². The first-order valence-electron chi connectivity index (χ1n) is 6.76. The van der Waals surface area contributed by atoms with Gasteiger partial charge < -0.3 is 10.4 Å². The molecular weight excluding hydrogens is 258 g/mol. The quantitative estimate of drug-likeness (QED) is 0.781. The van der Waals surface area contributed by atoms with Crippen LogP contribution in [0.3, 0.4) is 0 Å². The van der Waals surface area contributed by atoms with E-state index in [0.29, 0.717) is 0 Å². The Labute approximate surface area is 118 Å². The maximum atomic E-state index is 12.2. The normalized spacial score (nSPS) is 18.4. The lowest BCUT2D eigenvalue weighted by atomic mass is 9.92. The number of hydrogen-bond donors (Lipinski definition) is 3. The lowest BCUT2D eigenvalue weighted by Crippen LogP contribution is -2.54. The fourth-order valence-corrected chi connectivity index (χ4v) is 2.11. The molecule has 1 aromatic heterocycles. The second-order valence-corrected chi connectivity index (χ2v) is 6.65. The van der Waals surface area contributed by atoms with Gasteiger partial charge in [-0.1, -0.05) is 20.8 Å². The summed E-state index contributed by atoms with van der Waals surface area (Å²) in [5.74, 6) is -1.45. The van der Waals surface area contributed by atoms with Crippen LogP contribution in [0.25, 0.3) is 0 Å². The number of H-pyrrole nitrogens is 1. The Bertz CT molecular complexity index is 540. The predicted molar refractivity (Wildman–Crippen MR) is 73.5 cm³/mol. The molecule has 3 N–H and O–H groups in total. The highest BCUT2D eigenvalue weighted by molar-refractivity contribution is 5.96. The molecule has 0 spiro atoms. The van der Waals surface area contributed by atoms with Crippen molar-refractivity contribution < 1.29 is 14.7 Å². The van der Waals surface area contributed by atoms with Crippen LogP contribution in [0.2, 0.25) is 0 Å². The van der Waals surface area contributed by atoms with E-state index in [9.17, 15) is 14.7 Å². The summed E-state index contributed by atoms with van der Waals surface area (Å²) < 4.78 is 0. The average molecular weight is 279 g/mol. The summed E-state index contributed by atoms with van der Waals surface area (Å²) in [7, 11) is 0. The molecule has 1 saturated carbocycles. The van der Waals surface area contributed by atoms with Crippen molar-refractivity contribution in [2.24, 2.45) is 5.92 Å². The van der Waals surface area contributed by atoms with Crippen LogP contribution in [0.4, 0.5) is 0 Å². The van der Waals surface area contributed by atoms with Gasteiger partial charge in [0.1, 0.15) is 11.2 Å². The van der Waals surface area contributed by atoms with Crippen molar-refractivity contribution in [1.29, 1.82) is 0 Å². The molecule has 1 amide bonds. The van der Waals surface area contributed by atoms with Gasteiger partial charge in [0, 0.05) is 11.1 Å².